The molecule has 0 spiro atoms. The molecule has 1 amide bonds. The fraction of sp³-hybridized carbons (Fsp3) is 0.0500. The number of benzene rings is 2. The van der Waals surface area contributed by atoms with Gasteiger partial charge in [0.2, 0.25) is 5.91 Å². The van der Waals surface area contributed by atoms with Gasteiger partial charge in [-0.1, -0.05) is 30.3 Å². The fourth-order valence-corrected chi connectivity index (χ4v) is 4.80. The predicted octanol–water partition coefficient (Wildman–Crippen LogP) is 3.93. The molecule has 0 fully saturated rings. The van der Waals surface area contributed by atoms with E-state index < -0.39 is 15.9 Å². The standard InChI is InChI=1S/C20H16N4O3S2/c1-13(25)24-29(26,27)16-9-7-15(8-10-16)23-19-17-11-18(14-5-3-2-4-6-14)28-20(17)22-12-21-19/h2-12H,1H3,(H,24,25)(H,21,22,23). The van der Waals surface area contributed by atoms with Gasteiger partial charge in [0, 0.05) is 17.5 Å². The zero-order valence-electron chi connectivity index (χ0n) is 15.3. The number of carbonyl (C=O) groups excluding carboxylic acids is 1. The largest absolute Gasteiger partial charge is 0.340 e. The normalized spacial score (nSPS) is 11.3. The van der Waals surface area contributed by atoms with Gasteiger partial charge in [0.15, 0.2) is 0 Å². The highest BCUT2D eigenvalue weighted by atomic mass is 32.2. The van der Waals surface area contributed by atoms with Crippen LogP contribution in [0.15, 0.2) is 71.9 Å². The zero-order valence-corrected chi connectivity index (χ0v) is 16.9. The topological polar surface area (TPSA) is 101 Å². The summed E-state index contributed by atoms with van der Waals surface area (Å²) < 4.78 is 26.0. The lowest BCUT2D eigenvalue weighted by Gasteiger charge is -2.08. The number of nitrogens with zero attached hydrogens (tertiary/aromatic N) is 2. The van der Waals surface area contributed by atoms with Crippen LogP contribution in [0.1, 0.15) is 6.92 Å². The molecule has 29 heavy (non-hydrogen) atoms. The van der Waals surface area contributed by atoms with Crippen LogP contribution in [-0.4, -0.2) is 24.3 Å². The zero-order chi connectivity index (χ0) is 20.4. The highest BCUT2D eigenvalue weighted by Crippen LogP contribution is 2.35. The first-order valence-electron chi connectivity index (χ1n) is 8.63. The van der Waals surface area contributed by atoms with Crippen LogP contribution in [0.3, 0.4) is 0 Å². The summed E-state index contributed by atoms with van der Waals surface area (Å²) in [5.74, 6) is -0.00634. The Balaban J connectivity index is 1.63. The van der Waals surface area contributed by atoms with Crippen LogP contribution in [0.2, 0.25) is 0 Å². The van der Waals surface area contributed by atoms with Crippen molar-refractivity contribution in [3.63, 3.8) is 0 Å². The van der Waals surface area contributed by atoms with E-state index in [1.165, 1.54) is 18.5 Å². The molecule has 0 saturated carbocycles. The van der Waals surface area contributed by atoms with E-state index in [1.807, 2.05) is 41.1 Å². The molecule has 0 unspecified atom stereocenters. The number of sulfonamides is 1. The number of rotatable bonds is 5. The summed E-state index contributed by atoms with van der Waals surface area (Å²) in [6.07, 6.45) is 1.49. The molecule has 2 aromatic carbocycles. The van der Waals surface area contributed by atoms with Crippen molar-refractivity contribution in [2.24, 2.45) is 0 Å². The van der Waals surface area contributed by atoms with Gasteiger partial charge in [-0.2, -0.15) is 0 Å². The Hall–Kier alpha value is -3.30. The predicted molar refractivity (Wildman–Crippen MR) is 114 cm³/mol. The molecule has 4 rings (SSSR count). The summed E-state index contributed by atoms with van der Waals surface area (Å²) in [4.78, 5) is 21.7. The van der Waals surface area contributed by atoms with Gasteiger partial charge in [0.1, 0.15) is 17.0 Å². The van der Waals surface area contributed by atoms with Crippen LogP contribution in [0.25, 0.3) is 20.7 Å². The van der Waals surface area contributed by atoms with Gasteiger partial charge in [-0.05, 0) is 35.9 Å². The molecule has 146 valence electrons. The average Bonchev–Trinajstić information content (AvgIpc) is 3.14. The van der Waals surface area contributed by atoms with Gasteiger partial charge in [0.05, 0.1) is 10.3 Å². The van der Waals surface area contributed by atoms with E-state index in [2.05, 4.69) is 15.3 Å². The summed E-state index contributed by atoms with van der Waals surface area (Å²) in [6.45, 7) is 1.15. The molecule has 0 atom stereocenters. The second-order valence-electron chi connectivity index (χ2n) is 6.23. The van der Waals surface area contributed by atoms with Crippen molar-refractivity contribution in [1.82, 2.24) is 14.7 Å². The van der Waals surface area contributed by atoms with E-state index in [0.29, 0.717) is 11.5 Å². The molecule has 0 radical (unpaired) electrons. The Labute approximate surface area is 171 Å². The van der Waals surface area contributed by atoms with E-state index in [1.54, 1.807) is 23.5 Å². The first-order valence-corrected chi connectivity index (χ1v) is 10.9. The molecule has 4 aromatic rings. The summed E-state index contributed by atoms with van der Waals surface area (Å²) in [6, 6.07) is 18.2. The summed E-state index contributed by atoms with van der Waals surface area (Å²) in [5.41, 5.74) is 1.77. The molecular weight excluding hydrogens is 408 g/mol. The van der Waals surface area contributed by atoms with Crippen LogP contribution in [0, 0.1) is 0 Å². The van der Waals surface area contributed by atoms with Crippen molar-refractivity contribution < 1.29 is 13.2 Å². The SMILES string of the molecule is CC(=O)NS(=O)(=O)c1ccc(Nc2ncnc3sc(-c4ccccc4)cc23)cc1. The van der Waals surface area contributed by atoms with E-state index in [9.17, 15) is 13.2 Å². The number of hydrogen-bond acceptors (Lipinski definition) is 7. The number of carbonyl (C=O) groups is 1. The number of thiophene rings is 1. The molecule has 0 aliphatic carbocycles. The molecule has 7 nitrogen and oxygen atoms in total. The van der Waals surface area contributed by atoms with Crippen LogP contribution < -0.4 is 10.0 Å². The third kappa shape index (κ3) is 4.10. The number of aromatic nitrogens is 2. The van der Waals surface area contributed by atoms with Crippen molar-refractivity contribution in [3.8, 4) is 10.4 Å². The molecule has 0 saturated heterocycles. The number of fused-ring (bicyclic) bond motifs is 1. The molecule has 0 aliphatic heterocycles. The van der Waals surface area contributed by atoms with Crippen molar-refractivity contribution in [1.29, 1.82) is 0 Å². The Bertz CT molecular complexity index is 1280. The summed E-state index contributed by atoms with van der Waals surface area (Å²) in [5, 5.41) is 4.09. The molecular formula is C20H16N4O3S2. The maximum absolute atomic E-state index is 12.1. The monoisotopic (exact) mass is 424 g/mol. The summed E-state index contributed by atoms with van der Waals surface area (Å²) in [7, 11) is -3.86. The van der Waals surface area contributed by atoms with E-state index in [-0.39, 0.29) is 4.90 Å². The Morgan fingerprint density at radius 3 is 2.41 bits per heavy atom. The molecule has 2 heterocycles. The molecule has 9 heteroatoms. The third-order valence-electron chi connectivity index (χ3n) is 4.09. The Morgan fingerprint density at radius 2 is 1.72 bits per heavy atom. The highest BCUT2D eigenvalue weighted by molar-refractivity contribution is 7.90. The van der Waals surface area contributed by atoms with Crippen molar-refractivity contribution in [2.75, 3.05) is 5.32 Å². The van der Waals surface area contributed by atoms with Gasteiger partial charge in [0.25, 0.3) is 10.0 Å². The average molecular weight is 425 g/mol. The molecule has 2 aromatic heterocycles. The number of anilines is 2. The Morgan fingerprint density at radius 1 is 1.00 bits per heavy atom. The van der Waals surface area contributed by atoms with Gasteiger partial charge < -0.3 is 5.32 Å². The van der Waals surface area contributed by atoms with E-state index in [4.69, 9.17) is 0 Å². The van der Waals surface area contributed by atoms with Gasteiger partial charge in [-0.3, -0.25) is 4.79 Å². The molecule has 0 bridgehead atoms. The Kier molecular flexibility index (Phi) is 4.99. The van der Waals surface area contributed by atoms with Crippen LogP contribution in [0.5, 0.6) is 0 Å². The minimum atomic E-state index is -3.86. The van der Waals surface area contributed by atoms with Crippen molar-refractivity contribution >= 4 is 49.0 Å². The quantitative estimate of drug-likeness (QED) is 0.503. The third-order valence-corrected chi connectivity index (χ3v) is 6.63. The van der Waals surface area contributed by atoms with Gasteiger partial charge >= 0.3 is 0 Å². The minimum absolute atomic E-state index is 0.00739. The maximum atomic E-state index is 12.1. The lowest BCUT2D eigenvalue weighted by molar-refractivity contribution is -0.117. The first-order chi connectivity index (χ1) is 13.9. The maximum Gasteiger partial charge on any atom is 0.264 e. The van der Waals surface area contributed by atoms with Crippen LogP contribution in [0.4, 0.5) is 11.5 Å². The fourth-order valence-electron chi connectivity index (χ4n) is 2.80. The number of amides is 1. The van der Waals surface area contributed by atoms with Gasteiger partial charge in [-0.15, -0.1) is 11.3 Å². The summed E-state index contributed by atoms with van der Waals surface area (Å²) >= 11 is 1.58. The lowest BCUT2D eigenvalue weighted by Crippen LogP contribution is -2.28. The smallest absolute Gasteiger partial charge is 0.264 e. The van der Waals surface area contributed by atoms with Crippen molar-refractivity contribution in [3.05, 3.63) is 67.0 Å². The van der Waals surface area contributed by atoms with Crippen molar-refractivity contribution in [2.45, 2.75) is 11.8 Å². The minimum Gasteiger partial charge on any atom is -0.340 e. The second kappa shape index (κ2) is 7.61. The van der Waals surface area contributed by atoms with E-state index >= 15 is 0 Å². The van der Waals surface area contributed by atoms with E-state index in [0.717, 1.165) is 27.6 Å². The highest BCUT2D eigenvalue weighted by Gasteiger charge is 2.15. The molecule has 0 aliphatic rings. The number of nitrogens with one attached hydrogen (secondary N) is 2. The first kappa shape index (κ1) is 19.0. The second-order valence-corrected chi connectivity index (χ2v) is 8.94. The number of hydrogen-bond donors (Lipinski definition) is 2. The lowest BCUT2D eigenvalue weighted by atomic mass is 10.2. The molecule has 2 N–H and O–H groups in total. The van der Waals surface area contributed by atoms with Crippen LogP contribution >= 0.6 is 11.3 Å². The van der Waals surface area contributed by atoms with Gasteiger partial charge in [-0.25, -0.2) is 23.1 Å². The van der Waals surface area contributed by atoms with Crippen LogP contribution in [-0.2, 0) is 14.8 Å².